The fourth-order valence-electron chi connectivity index (χ4n) is 4.48. The first-order chi connectivity index (χ1) is 12.1. The molecule has 0 unspecified atom stereocenters. The van der Waals surface area contributed by atoms with E-state index in [0.717, 1.165) is 62.5 Å². The molecule has 2 aliphatic heterocycles. The van der Waals surface area contributed by atoms with Gasteiger partial charge in [0.1, 0.15) is 17.1 Å². The van der Waals surface area contributed by atoms with Crippen molar-refractivity contribution in [1.29, 1.82) is 0 Å². The Balaban J connectivity index is 1.65. The van der Waals surface area contributed by atoms with Crippen molar-refractivity contribution in [2.24, 2.45) is 0 Å². The van der Waals surface area contributed by atoms with Crippen molar-refractivity contribution in [3.05, 3.63) is 23.3 Å². The molecular formula is C20H28N2O3. The molecule has 2 heterocycles. The molecule has 1 aromatic rings. The zero-order chi connectivity index (χ0) is 17.4. The summed E-state index contributed by atoms with van der Waals surface area (Å²) in [6.45, 7) is 3.41. The second kappa shape index (κ2) is 6.52. The lowest BCUT2D eigenvalue weighted by molar-refractivity contribution is 0.0493. The lowest BCUT2D eigenvalue weighted by atomic mass is 9.82. The number of methoxy groups -OCH3 is 1. The van der Waals surface area contributed by atoms with Crippen LogP contribution in [0.25, 0.3) is 0 Å². The van der Waals surface area contributed by atoms with E-state index in [9.17, 15) is 4.79 Å². The summed E-state index contributed by atoms with van der Waals surface area (Å²) in [7, 11) is 3.80. The van der Waals surface area contributed by atoms with E-state index in [1.165, 1.54) is 19.3 Å². The second-order valence-corrected chi connectivity index (χ2v) is 7.74. The van der Waals surface area contributed by atoms with Crippen LogP contribution in [0.5, 0.6) is 11.5 Å². The van der Waals surface area contributed by atoms with Crippen molar-refractivity contribution in [2.75, 3.05) is 40.3 Å². The van der Waals surface area contributed by atoms with Crippen LogP contribution in [-0.4, -0.2) is 61.6 Å². The maximum atomic E-state index is 13.1. The van der Waals surface area contributed by atoms with Crippen molar-refractivity contribution in [1.82, 2.24) is 9.80 Å². The molecule has 1 aromatic carbocycles. The van der Waals surface area contributed by atoms with Crippen LogP contribution in [0.1, 0.15) is 48.0 Å². The summed E-state index contributed by atoms with van der Waals surface area (Å²) in [5.74, 6) is 1.73. The van der Waals surface area contributed by atoms with Crippen LogP contribution in [0.4, 0.5) is 0 Å². The normalized spacial score (nSPS) is 22.6. The number of nitrogens with zero attached hydrogens (tertiary/aromatic N) is 2. The van der Waals surface area contributed by atoms with Gasteiger partial charge in [-0.15, -0.1) is 0 Å². The van der Waals surface area contributed by atoms with Crippen molar-refractivity contribution in [3.63, 3.8) is 0 Å². The lowest BCUT2D eigenvalue weighted by Gasteiger charge is -2.34. The number of carbonyl (C=O) groups excluding carboxylic acids is 1. The van der Waals surface area contributed by atoms with Crippen LogP contribution in [0.3, 0.4) is 0 Å². The van der Waals surface area contributed by atoms with Crippen LogP contribution < -0.4 is 9.47 Å². The van der Waals surface area contributed by atoms with Crippen LogP contribution in [-0.2, 0) is 6.42 Å². The third-order valence-electron chi connectivity index (χ3n) is 6.04. The van der Waals surface area contributed by atoms with Crippen LogP contribution in [0.15, 0.2) is 12.1 Å². The summed E-state index contributed by atoms with van der Waals surface area (Å²) in [6.07, 6.45) is 6.72. The van der Waals surface area contributed by atoms with Gasteiger partial charge >= 0.3 is 0 Å². The number of hydrogen-bond acceptors (Lipinski definition) is 4. The molecule has 0 N–H and O–H groups in total. The fraction of sp³-hybridized carbons (Fsp3) is 0.650. The first kappa shape index (κ1) is 16.7. The molecule has 2 fully saturated rings. The highest BCUT2D eigenvalue weighted by molar-refractivity contribution is 5.98. The fourth-order valence-corrected chi connectivity index (χ4v) is 4.48. The Morgan fingerprint density at radius 2 is 1.84 bits per heavy atom. The second-order valence-electron chi connectivity index (χ2n) is 7.74. The standard InChI is InChI=1S/C20H28N2O3/c1-21-10-12-22(13-11-21)19(23)15-6-7-17(24-2)16-14-20(25-18(15)16)8-4-3-5-9-20/h6-7H,3-5,8-14H2,1-2H3. The van der Waals surface area contributed by atoms with Gasteiger partial charge in [0, 0.05) is 38.2 Å². The predicted molar refractivity (Wildman–Crippen MR) is 96.5 cm³/mol. The summed E-state index contributed by atoms with van der Waals surface area (Å²) >= 11 is 0. The highest BCUT2D eigenvalue weighted by Crippen LogP contribution is 2.48. The summed E-state index contributed by atoms with van der Waals surface area (Å²) in [4.78, 5) is 17.3. The van der Waals surface area contributed by atoms with E-state index in [1.807, 2.05) is 17.0 Å². The number of benzene rings is 1. The summed E-state index contributed by atoms with van der Waals surface area (Å²) in [6, 6.07) is 3.83. The maximum absolute atomic E-state index is 13.1. The Kier molecular flexibility index (Phi) is 4.36. The highest BCUT2D eigenvalue weighted by Gasteiger charge is 2.43. The number of likely N-dealkylation sites (N-methyl/N-ethyl adjacent to an activating group) is 1. The van der Waals surface area contributed by atoms with E-state index in [0.29, 0.717) is 5.56 Å². The zero-order valence-corrected chi connectivity index (χ0v) is 15.3. The number of ether oxygens (including phenoxy) is 2. The van der Waals surface area contributed by atoms with Crippen LogP contribution in [0, 0.1) is 0 Å². The highest BCUT2D eigenvalue weighted by atomic mass is 16.5. The third kappa shape index (κ3) is 2.99. The predicted octanol–water partition coefficient (Wildman–Crippen LogP) is 2.72. The van der Waals surface area contributed by atoms with Crippen LogP contribution >= 0.6 is 0 Å². The molecule has 3 aliphatic rings. The van der Waals surface area contributed by atoms with Crippen molar-refractivity contribution in [3.8, 4) is 11.5 Å². The molecule has 4 rings (SSSR count). The van der Waals surface area contributed by atoms with E-state index in [4.69, 9.17) is 9.47 Å². The largest absolute Gasteiger partial charge is 0.496 e. The molecule has 0 bridgehead atoms. The molecule has 5 heteroatoms. The van der Waals surface area contributed by atoms with E-state index in [-0.39, 0.29) is 11.5 Å². The van der Waals surface area contributed by atoms with Gasteiger partial charge in [0.25, 0.3) is 5.91 Å². The van der Waals surface area contributed by atoms with Gasteiger partial charge in [0.05, 0.1) is 12.7 Å². The quantitative estimate of drug-likeness (QED) is 0.827. The monoisotopic (exact) mass is 344 g/mol. The molecule has 0 aromatic heterocycles. The van der Waals surface area contributed by atoms with Crippen molar-refractivity contribution >= 4 is 5.91 Å². The maximum Gasteiger partial charge on any atom is 0.257 e. The molecule has 1 saturated heterocycles. The first-order valence-electron chi connectivity index (χ1n) is 9.49. The van der Waals surface area contributed by atoms with Crippen LogP contribution in [0.2, 0.25) is 0 Å². The number of fused-ring (bicyclic) bond motifs is 1. The average molecular weight is 344 g/mol. The van der Waals surface area contributed by atoms with Gasteiger partial charge in [0.2, 0.25) is 0 Å². The Labute approximate surface area is 149 Å². The molecule has 136 valence electrons. The molecular weight excluding hydrogens is 316 g/mol. The Morgan fingerprint density at radius 3 is 2.52 bits per heavy atom. The van der Waals surface area contributed by atoms with Gasteiger partial charge in [-0.25, -0.2) is 0 Å². The summed E-state index contributed by atoms with van der Waals surface area (Å²) < 4.78 is 12.1. The molecule has 5 nitrogen and oxygen atoms in total. The third-order valence-corrected chi connectivity index (χ3v) is 6.04. The van der Waals surface area contributed by atoms with E-state index in [2.05, 4.69) is 11.9 Å². The van der Waals surface area contributed by atoms with Gasteiger partial charge in [-0.2, -0.15) is 0 Å². The molecule has 0 radical (unpaired) electrons. The average Bonchev–Trinajstić information content (AvgIpc) is 3.00. The number of hydrogen-bond donors (Lipinski definition) is 0. The number of carbonyl (C=O) groups is 1. The topological polar surface area (TPSA) is 42.0 Å². The van der Waals surface area contributed by atoms with Crippen molar-refractivity contribution < 1.29 is 14.3 Å². The number of amides is 1. The Hall–Kier alpha value is -1.75. The number of rotatable bonds is 2. The van der Waals surface area contributed by atoms with Crippen molar-refractivity contribution in [2.45, 2.75) is 44.1 Å². The van der Waals surface area contributed by atoms with E-state index in [1.54, 1.807) is 7.11 Å². The minimum atomic E-state index is -0.119. The van der Waals surface area contributed by atoms with E-state index < -0.39 is 0 Å². The molecule has 25 heavy (non-hydrogen) atoms. The lowest BCUT2D eigenvalue weighted by Crippen LogP contribution is -2.47. The Bertz CT molecular complexity index is 659. The minimum absolute atomic E-state index is 0.0971. The minimum Gasteiger partial charge on any atom is -0.496 e. The molecule has 1 amide bonds. The summed E-state index contributed by atoms with van der Waals surface area (Å²) in [5, 5.41) is 0. The SMILES string of the molecule is COc1ccc(C(=O)N2CCN(C)CC2)c2c1CC1(CCCCC1)O2. The molecule has 0 atom stereocenters. The van der Waals surface area contributed by atoms with Gasteiger partial charge in [-0.1, -0.05) is 6.42 Å². The molecule has 1 aliphatic carbocycles. The van der Waals surface area contributed by atoms with Gasteiger partial charge in [-0.3, -0.25) is 4.79 Å². The van der Waals surface area contributed by atoms with Gasteiger partial charge in [0.15, 0.2) is 0 Å². The molecule has 1 spiro atoms. The van der Waals surface area contributed by atoms with Gasteiger partial charge in [-0.05, 0) is 44.9 Å². The Morgan fingerprint density at radius 1 is 1.12 bits per heavy atom. The van der Waals surface area contributed by atoms with E-state index >= 15 is 0 Å². The zero-order valence-electron chi connectivity index (χ0n) is 15.3. The molecule has 1 saturated carbocycles. The smallest absolute Gasteiger partial charge is 0.257 e. The summed E-state index contributed by atoms with van der Waals surface area (Å²) in [5.41, 5.74) is 1.68. The van der Waals surface area contributed by atoms with Gasteiger partial charge < -0.3 is 19.3 Å². The first-order valence-corrected chi connectivity index (χ1v) is 9.49. The number of piperazine rings is 1.